The molecule has 0 unspecified atom stereocenters. The minimum absolute atomic E-state index is 0.000995. The number of amides is 1. The zero-order valence-electron chi connectivity index (χ0n) is 14.1. The van der Waals surface area contributed by atoms with Crippen LogP contribution in [0.4, 0.5) is 0 Å². The Hall–Kier alpha value is -2.26. The molecular formula is C20H21ClN2O. The average molecular weight is 341 g/mol. The van der Waals surface area contributed by atoms with Crippen LogP contribution in [0.25, 0.3) is 10.9 Å². The molecule has 0 bridgehead atoms. The van der Waals surface area contributed by atoms with Crippen LogP contribution in [0.2, 0.25) is 5.02 Å². The van der Waals surface area contributed by atoms with Crippen LogP contribution in [-0.2, 0) is 16.8 Å². The summed E-state index contributed by atoms with van der Waals surface area (Å²) in [5.41, 5.74) is 3.57. The second kappa shape index (κ2) is 6.33. The Morgan fingerprint density at radius 2 is 1.88 bits per heavy atom. The van der Waals surface area contributed by atoms with E-state index in [1.165, 1.54) is 5.56 Å². The zero-order valence-corrected chi connectivity index (χ0v) is 14.9. The highest BCUT2D eigenvalue weighted by atomic mass is 35.5. The van der Waals surface area contributed by atoms with E-state index in [1.54, 1.807) is 0 Å². The Kier molecular flexibility index (Phi) is 4.37. The molecule has 0 saturated heterocycles. The number of benzene rings is 2. The predicted molar refractivity (Wildman–Crippen MR) is 99.4 cm³/mol. The lowest BCUT2D eigenvalue weighted by molar-refractivity contribution is -0.125. The molecule has 0 radical (unpaired) electrons. The highest BCUT2D eigenvalue weighted by molar-refractivity contribution is 6.31. The summed E-state index contributed by atoms with van der Waals surface area (Å²) in [6.07, 6.45) is 1.90. The fourth-order valence-electron chi connectivity index (χ4n) is 2.85. The van der Waals surface area contributed by atoms with Crippen molar-refractivity contribution in [3.05, 3.63) is 70.4 Å². The first-order valence-corrected chi connectivity index (χ1v) is 8.36. The highest BCUT2D eigenvalue weighted by Crippen LogP contribution is 2.32. The van der Waals surface area contributed by atoms with Crippen molar-refractivity contribution in [2.75, 3.05) is 0 Å². The lowest BCUT2D eigenvalue weighted by Gasteiger charge is -2.23. The summed E-state index contributed by atoms with van der Waals surface area (Å²) in [5.74, 6) is -0.000995. The van der Waals surface area contributed by atoms with Crippen molar-refractivity contribution in [3.8, 4) is 0 Å². The quantitative estimate of drug-likeness (QED) is 0.709. The molecule has 1 heterocycles. The summed E-state index contributed by atoms with van der Waals surface area (Å²) in [6, 6.07) is 13.9. The Balaban J connectivity index is 1.80. The minimum atomic E-state index is -0.642. The van der Waals surface area contributed by atoms with Crippen molar-refractivity contribution in [2.45, 2.75) is 32.7 Å². The predicted octanol–water partition coefficient (Wildman–Crippen LogP) is 4.72. The number of carbonyl (C=O) groups excluding carboxylic acids is 1. The first kappa shape index (κ1) is 16.6. The van der Waals surface area contributed by atoms with E-state index in [-0.39, 0.29) is 5.91 Å². The normalized spacial score (nSPS) is 11.7. The average Bonchev–Trinajstić information content (AvgIpc) is 2.97. The van der Waals surface area contributed by atoms with E-state index in [4.69, 9.17) is 11.6 Å². The van der Waals surface area contributed by atoms with Crippen LogP contribution in [-0.4, -0.2) is 10.9 Å². The Bertz CT molecular complexity index is 878. The third-order valence-corrected chi connectivity index (χ3v) is 4.69. The highest BCUT2D eigenvalue weighted by Gasteiger charge is 2.32. The lowest BCUT2D eigenvalue weighted by Crippen LogP contribution is -2.39. The summed E-state index contributed by atoms with van der Waals surface area (Å²) in [7, 11) is 0. The largest absolute Gasteiger partial charge is 0.361 e. The van der Waals surface area contributed by atoms with Gasteiger partial charge in [0.05, 0.1) is 5.41 Å². The summed E-state index contributed by atoms with van der Waals surface area (Å²) in [5, 5.41) is 4.75. The van der Waals surface area contributed by atoms with Gasteiger partial charge in [0.2, 0.25) is 5.91 Å². The Morgan fingerprint density at radius 1 is 1.17 bits per heavy atom. The molecule has 4 heteroatoms. The van der Waals surface area contributed by atoms with Gasteiger partial charge in [0.1, 0.15) is 0 Å². The van der Waals surface area contributed by atoms with Crippen molar-refractivity contribution in [3.63, 3.8) is 0 Å². The molecule has 0 fully saturated rings. The van der Waals surface area contributed by atoms with Gasteiger partial charge in [-0.2, -0.15) is 0 Å². The number of halogens is 1. The second-order valence-electron chi connectivity index (χ2n) is 6.69. The Labute approximate surface area is 147 Å². The van der Waals surface area contributed by atoms with E-state index in [0.29, 0.717) is 11.6 Å². The molecule has 3 aromatic rings. The molecule has 3 nitrogen and oxygen atoms in total. The number of nitrogens with one attached hydrogen (secondary N) is 2. The summed E-state index contributed by atoms with van der Waals surface area (Å²) < 4.78 is 0. The molecule has 2 aromatic carbocycles. The van der Waals surface area contributed by atoms with E-state index in [1.807, 2.05) is 50.4 Å². The van der Waals surface area contributed by atoms with Crippen LogP contribution in [0.1, 0.15) is 30.5 Å². The number of fused-ring (bicyclic) bond motifs is 1. The molecular weight excluding hydrogens is 320 g/mol. The molecule has 2 N–H and O–H groups in total. The van der Waals surface area contributed by atoms with Gasteiger partial charge in [-0.3, -0.25) is 4.79 Å². The number of aromatic amines is 1. The Morgan fingerprint density at radius 3 is 2.58 bits per heavy atom. The monoisotopic (exact) mass is 340 g/mol. The smallest absolute Gasteiger partial charge is 0.230 e. The topological polar surface area (TPSA) is 44.9 Å². The van der Waals surface area contributed by atoms with E-state index < -0.39 is 5.41 Å². The summed E-state index contributed by atoms with van der Waals surface area (Å²) in [6.45, 7) is 6.45. The van der Waals surface area contributed by atoms with Crippen LogP contribution in [0.5, 0.6) is 0 Å². The van der Waals surface area contributed by atoms with Crippen LogP contribution in [0.15, 0.2) is 48.7 Å². The molecule has 1 amide bonds. The molecule has 24 heavy (non-hydrogen) atoms. The van der Waals surface area contributed by atoms with Gasteiger partial charge in [0, 0.05) is 28.7 Å². The number of hydrogen-bond donors (Lipinski definition) is 2. The molecule has 0 aliphatic carbocycles. The maximum atomic E-state index is 12.8. The SMILES string of the molecule is Cc1ccc(CNC(=O)C(C)(C)c2c[nH]c3cc(Cl)ccc23)cc1. The van der Waals surface area contributed by atoms with Gasteiger partial charge in [-0.15, -0.1) is 0 Å². The number of aryl methyl sites for hydroxylation is 1. The van der Waals surface area contributed by atoms with Gasteiger partial charge >= 0.3 is 0 Å². The van der Waals surface area contributed by atoms with Crippen molar-refractivity contribution >= 4 is 28.4 Å². The van der Waals surface area contributed by atoms with Gasteiger partial charge in [0.15, 0.2) is 0 Å². The van der Waals surface area contributed by atoms with E-state index >= 15 is 0 Å². The summed E-state index contributed by atoms with van der Waals surface area (Å²) in [4.78, 5) is 16.0. The van der Waals surface area contributed by atoms with E-state index in [0.717, 1.165) is 22.0 Å². The zero-order chi connectivity index (χ0) is 17.3. The van der Waals surface area contributed by atoms with Gasteiger partial charge in [-0.05, 0) is 44.0 Å². The fraction of sp³-hybridized carbons (Fsp3) is 0.250. The number of H-pyrrole nitrogens is 1. The maximum Gasteiger partial charge on any atom is 0.230 e. The molecule has 0 saturated carbocycles. The first-order valence-electron chi connectivity index (χ1n) is 7.99. The molecule has 0 spiro atoms. The van der Waals surface area contributed by atoms with Crippen molar-refractivity contribution in [1.82, 2.24) is 10.3 Å². The van der Waals surface area contributed by atoms with Gasteiger partial charge in [0.25, 0.3) is 0 Å². The number of aromatic nitrogens is 1. The van der Waals surface area contributed by atoms with E-state index in [2.05, 4.69) is 29.4 Å². The molecule has 0 atom stereocenters. The van der Waals surface area contributed by atoms with Crippen LogP contribution >= 0.6 is 11.6 Å². The standard InChI is InChI=1S/C20H21ClN2O/c1-13-4-6-14(7-5-13)11-23-19(24)20(2,3)17-12-22-18-10-15(21)8-9-16(17)18/h4-10,12,22H,11H2,1-3H3,(H,23,24). The van der Waals surface area contributed by atoms with E-state index in [9.17, 15) is 4.79 Å². The second-order valence-corrected chi connectivity index (χ2v) is 7.12. The van der Waals surface area contributed by atoms with Crippen LogP contribution in [0.3, 0.4) is 0 Å². The number of carbonyl (C=O) groups is 1. The van der Waals surface area contributed by atoms with Gasteiger partial charge in [-0.25, -0.2) is 0 Å². The minimum Gasteiger partial charge on any atom is -0.361 e. The van der Waals surface area contributed by atoms with Gasteiger partial charge in [-0.1, -0.05) is 47.5 Å². The molecule has 3 rings (SSSR count). The number of rotatable bonds is 4. The maximum absolute atomic E-state index is 12.8. The van der Waals surface area contributed by atoms with Crippen molar-refractivity contribution < 1.29 is 4.79 Å². The molecule has 124 valence electrons. The summed E-state index contributed by atoms with van der Waals surface area (Å²) >= 11 is 6.03. The van der Waals surface area contributed by atoms with Crippen molar-refractivity contribution in [2.24, 2.45) is 0 Å². The first-order chi connectivity index (χ1) is 11.4. The third-order valence-electron chi connectivity index (χ3n) is 4.46. The molecule has 0 aliphatic rings. The number of hydrogen-bond acceptors (Lipinski definition) is 1. The van der Waals surface area contributed by atoms with Crippen LogP contribution < -0.4 is 5.32 Å². The molecule has 1 aromatic heterocycles. The lowest BCUT2D eigenvalue weighted by atomic mass is 9.83. The van der Waals surface area contributed by atoms with Crippen LogP contribution in [0, 0.1) is 6.92 Å². The third kappa shape index (κ3) is 3.17. The molecule has 0 aliphatic heterocycles. The van der Waals surface area contributed by atoms with Crippen molar-refractivity contribution in [1.29, 1.82) is 0 Å². The fourth-order valence-corrected chi connectivity index (χ4v) is 3.02. The van der Waals surface area contributed by atoms with Gasteiger partial charge < -0.3 is 10.3 Å².